The molecule has 0 saturated carbocycles. The van der Waals surface area contributed by atoms with Crippen LogP contribution in [-0.4, -0.2) is 22.0 Å². The Bertz CT molecular complexity index is 859. The maximum atomic E-state index is 11.9. The molecule has 0 unspecified atom stereocenters. The highest BCUT2D eigenvalue weighted by Gasteiger charge is 2.20. The number of fused-ring (bicyclic) bond motifs is 3. The summed E-state index contributed by atoms with van der Waals surface area (Å²) in [7, 11) is 0. The van der Waals surface area contributed by atoms with E-state index in [9.17, 15) is 10.1 Å². The van der Waals surface area contributed by atoms with Crippen molar-refractivity contribution < 1.29 is 9.53 Å². The van der Waals surface area contributed by atoms with Gasteiger partial charge in [0.1, 0.15) is 11.7 Å². The highest BCUT2D eigenvalue weighted by atomic mass is 16.5. The SMILES string of the molecule is CCOC(=O)c1nc2c3ccccc3ccn2c1C#N. The standard InChI is InChI=1S/C15H11N3O2/c1-2-20-15(19)13-12(9-16)18-8-7-10-5-3-4-6-11(10)14(18)17-13/h3-8H,2H2,1H3. The fourth-order valence-electron chi connectivity index (χ4n) is 2.22. The number of benzene rings is 1. The second-order valence-electron chi connectivity index (χ2n) is 4.24. The fourth-order valence-corrected chi connectivity index (χ4v) is 2.22. The number of carbonyl (C=O) groups is 1. The molecule has 20 heavy (non-hydrogen) atoms. The first kappa shape index (κ1) is 12.2. The van der Waals surface area contributed by atoms with E-state index in [2.05, 4.69) is 4.98 Å². The topological polar surface area (TPSA) is 67.4 Å². The van der Waals surface area contributed by atoms with Gasteiger partial charge >= 0.3 is 5.97 Å². The van der Waals surface area contributed by atoms with Crippen LogP contribution in [0.4, 0.5) is 0 Å². The Morgan fingerprint density at radius 2 is 2.20 bits per heavy atom. The lowest BCUT2D eigenvalue weighted by Crippen LogP contribution is -2.07. The first-order valence-electron chi connectivity index (χ1n) is 6.23. The van der Waals surface area contributed by atoms with Gasteiger partial charge in [-0.3, -0.25) is 4.40 Å². The van der Waals surface area contributed by atoms with E-state index in [4.69, 9.17) is 4.74 Å². The summed E-state index contributed by atoms with van der Waals surface area (Å²) in [4.78, 5) is 16.2. The lowest BCUT2D eigenvalue weighted by Gasteiger charge is -2.00. The molecule has 5 heteroatoms. The predicted octanol–water partition coefficient (Wildman–Crippen LogP) is 2.54. The van der Waals surface area contributed by atoms with Gasteiger partial charge in [0.15, 0.2) is 11.4 Å². The molecule has 0 amide bonds. The quantitative estimate of drug-likeness (QED) is 0.668. The van der Waals surface area contributed by atoms with Crippen LogP contribution in [-0.2, 0) is 4.74 Å². The smallest absolute Gasteiger partial charge is 0.360 e. The minimum Gasteiger partial charge on any atom is -0.461 e. The third kappa shape index (κ3) is 1.70. The predicted molar refractivity (Wildman–Crippen MR) is 73.4 cm³/mol. The van der Waals surface area contributed by atoms with E-state index in [0.29, 0.717) is 5.65 Å². The molecule has 0 radical (unpaired) electrons. The molecule has 0 aliphatic carbocycles. The molecule has 0 atom stereocenters. The molecule has 0 N–H and O–H groups in total. The molecule has 0 fully saturated rings. The zero-order valence-electron chi connectivity index (χ0n) is 10.8. The molecule has 3 aromatic rings. The molecule has 1 aromatic carbocycles. The molecule has 5 nitrogen and oxygen atoms in total. The van der Waals surface area contributed by atoms with Crippen molar-refractivity contribution >= 4 is 22.4 Å². The van der Waals surface area contributed by atoms with Crippen LogP contribution in [0.2, 0.25) is 0 Å². The average Bonchev–Trinajstić information content (AvgIpc) is 2.86. The Hall–Kier alpha value is -2.87. The number of pyridine rings is 1. The second-order valence-corrected chi connectivity index (χ2v) is 4.24. The number of rotatable bonds is 2. The minimum absolute atomic E-state index is 0.0608. The number of carbonyl (C=O) groups excluding carboxylic acids is 1. The van der Waals surface area contributed by atoms with Crippen molar-refractivity contribution in [3.63, 3.8) is 0 Å². The maximum absolute atomic E-state index is 11.9. The third-order valence-corrected chi connectivity index (χ3v) is 3.09. The van der Waals surface area contributed by atoms with Crippen molar-refractivity contribution in [2.75, 3.05) is 6.61 Å². The molecule has 3 rings (SSSR count). The molecule has 0 bridgehead atoms. The van der Waals surface area contributed by atoms with Crippen LogP contribution in [0.5, 0.6) is 0 Å². The summed E-state index contributed by atoms with van der Waals surface area (Å²) in [5.74, 6) is -0.572. The molecule has 2 aromatic heterocycles. The molecule has 0 spiro atoms. The first-order chi connectivity index (χ1) is 9.76. The van der Waals surface area contributed by atoms with E-state index in [-0.39, 0.29) is 18.0 Å². The normalized spacial score (nSPS) is 10.6. The third-order valence-electron chi connectivity index (χ3n) is 3.09. The van der Waals surface area contributed by atoms with E-state index in [1.807, 2.05) is 36.4 Å². The first-order valence-corrected chi connectivity index (χ1v) is 6.23. The zero-order valence-corrected chi connectivity index (χ0v) is 10.8. The van der Waals surface area contributed by atoms with Crippen molar-refractivity contribution in [2.45, 2.75) is 6.92 Å². The highest BCUT2D eigenvalue weighted by Crippen LogP contribution is 2.22. The van der Waals surface area contributed by atoms with Gasteiger partial charge in [0, 0.05) is 11.6 Å². The summed E-state index contributed by atoms with van der Waals surface area (Å²) in [6.07, 6.45) is 1.74. The Morgan fingerprint density at radius 3 is 2.95 bits per heavy atom. The number of ether oxygens (including phenoxy) is 1. The van der Waals surface area contributed by atoms with Crippen molar-refractivity contribution in [1.82, 2.24) is 9.38 Å². The Kier molecular flexibility index (Phi) is 2.84. The van der Waals surface area contributed by atoms with Gasteiger partial charge in [-0.1, -0.05) is 24.3 Å². The van der Waals surface area contributed by atoms with Gasteiger partial charge in [-0.05, 0) is 18.4 Å². The number of nitriles is 1. The molecule has 0 aliphatic heterocycles. The number of aromatic nitrogens is 2. The van der Waals surface area contributed by atoms with Crippen molar-refractivity contribution in [1.29, 1.82) is 5.26 Å². The zero-order chi connectivity index (χ0) is 14.1. The largest absolute Gasteiger partial charge is 0.461 e. The van der Waals surface area contributed by atoms with Gasteiger partial charge in [0.05, 0.1) is 6.61 Å². The highest BCUT2D eigenvalue weighted by molar-refractivity contribution is 5.97. The number of imidazole rings is 1. The van der Waals surface area contributed by atoms with Crippen LogP contribution in [0.3, 0.4) is 0 Å². The number of hydrogen-bond donors (Lipinski definition) is 0. The minimum atomic E-state index is -0.572. The molecule has 0 saturated heterocycles. The molecule has 98 valence electrons. The number of nitrogens with zero attached hydrogens (tertiary/aromatic N) is 3. The number of esters is 1. The second kappa shape index (κ2) is 4.67. The maximum Gasteiger partial charge on any atom is 0.360 e. The molecular formula is C15H11N3O2. The number of hydrogen-bond acceptors (Lipinski definition) is 4. The summed E-state index contributed by atoms with van der Waals surface area (Å²) >= 11 is 0. The van der Waals surface area contributed by atoms with Crippen LogP contribution in [0, 0.1) is 11.3 Å². The summed E-state index contributed by atoms with van der Waals surface area (Å²) in [5.41, 5.74) is 0.845. The van der Waals surface area contributed by atoms with Gasteiger partial charge in [-0.2, -0.15) is 5.26 Å². The van der Waals surface area contributed by atoms with Crippen LogP contribution < -0.4 is 0 Å². The summed E-state index contributed by atoms with van der Waals surface area (Å²) in [6.45, 7) is 1.97. The summed E-state index contributed by atoms with van der Waals surface area (Å²) < 4.78 is 6.57. The van der Waals surface area contributed by atoms with E-state index < -0.39 is 5.97 Å². The molecular weight excluding hydrogens is 254 g/mol. The van der Waals surface area contributed by atoms with Crippen LogP contribution >= 0.6 is 0 Å². The van der Waals surface area contributed by atoms with Crippen LogP contribution in [0.1, 0.15) is 23.1 Å². The fraction of sp³-hybridized carbons (Fsp3) is 0.133. The lowest BCUT2D eigenvalue weighted by atomic mass is 10.2. The van der Waals surface area contributed by atoms with E-state index in [1.165, 1.54) is 0 Å². The van der Waals surface area contributed by atoms with Crippen molar-refractivity contribution in [2.24, 2.45) is 0 Å². The van der Waals surface area contributed by atoms with Crippen molar-refractivity contribution in [3.8, 4) is 6.07 Å². The Morgan fingerprint density at radius 1 is 1.40 bits per heavy atom. The molecule has 2 heterocycles. The summed E-state index contributed by atoms with van der Waals surface area (Å²) in [5, 5.41) is 11.2. The average molecular weight is 265 g/mol. The van der Waals surface area contributed by atoms with Gasteiger partial charge < -0.3 is 4.74 Å². The van der Waals surface area contributed by atoms with E-state index >= 15 is 0 Å². The van der Waals surface area contributed by atoms with Crippen LogP contribution in [0.25, 0.3) is 16.4 Å². The Labute approximate surface area is 115 Å². The van der Waals surface area contributed by atoms with Gasteiger partial charge in [-0.15, -0.1) is 0 Å². The van der Waals surface area contributed by atoms with Gasteiger partial charge in [0.25, 0.3) is 0 Å². The Balaban J connectivity index is 2.36. The van der Waals surface area contributed by atoms with E-state index in [0.717, 1.165) is 10.8 Å². The lowest BCUT2D eigenvalue weighted by molar-refractivity contribution is 0.0520. The summed E-state index contributed by atoms with van der Waals surface area (Å²) in [6, 6.07) is 11.6. The monoisotopic (exact) mass is 265 g/mol. The van der Waals surface area contributed by atoms with Crippen molar-refractivity contribution in [3.05, 3.63) is 47.9 Å². The van der Waals surface area contributed by atoms with Gasteiger partial charge in [-0.25, -0.2) is 9.78 Å². The molecule has 0 aliphatic rings. The van der Waals surface area contributed by atoms with Crippen LogP contribution in [0.15, 0.2) is 36.5 Å². The van der Waals surface area contributed by atoms with Gasteiger partial charge in [0.2, 0.25) is 0 Å². The van der Waals surface area contributed by atoms with E-state index in [1.54, 1.807) is 17.5 Å².